The van der Waals surface area contributed by atoms with Gasteiger partial charge in [0, 0.05) is 17.3 Å². The first kappa shape index (κ1) is 11.9. The van der Waals surface area contributed by atoms with Gasteiger partial charge in [-0.25, -0.2) is 4.98 Å². The van der Waals surface area contributed by atoms with Gasteiger partial charge in [0.2, 0.25) is 0 Å². The minimum absolute atomic E-state index is 0.524. The molecular weight excluding hydrogens is 240 g/mol. The molecule has 0 bridgehead atoms. The van der Waals surface area contributed by atoms with Crippen molar-refractivity contribution in [1.82, 2.24) is 10.3 Å². The maximum Gasteiger partial charge on any atom is 0.0975 e. The van der Waals surface area contributed by atoms with Crippen molar-refractivity contribution in [2.45, 2.75) is 31.7 Å². The second-order valence-corrected chi connectivity index (χ2v) is 5.93. The van der Waals surface area contributed by atoms with E-state index in [9.17, 15) is 0 Å². The van der Waals surface area contributed by atoms with Crippen LogP contribution >= 0.6 is 11.3 Å². The van der Waals surface area contributed by atoms with Crippen molar-refractivity contribution in [2.75, 3.05) is 7.05 Å². The molecule has 0 amide bonds. The van der Waals surface area contributed by atoms with E-state index in [1.54, 1.807) is 0 Å². The highest BCUT2D eigenvalue weighted by Gasteiger charge is 2.23. The van der Waals surface area contributed by atoms with Gasteiger partial charge in [-0.2, -0.15) is 0 Å². The van der Waals surface area contributed by atoms with Crippen LogP contribution in [0.3, 0.4) is 0 Å². The number of aromatic nitrogens is 1. The number of aryl methyl sites for hydroxylation is 1. The van der Waals surface area contributed by atoms with Crippen molar-refractivity contribution in [1.29, 1.82) is 0 Å². The molecule has 1 aromatic carbocycles. The lowest BCUT2D eigenvalue weighted by Crippen LogP contribution is -2.19. The average Bonchev–Trinajstić information content (AvgIpc) is 2.82. The Hall–Kier alpha value is -1.19. The van der Waals surface area contributed by atoms with Crippen molar-refractivity contribution >= 4 is 11.3 Å². The molecule has 0 fully saturated rings. The van der Waals surface area contributed by atoms with Gasteiger partial charge in [0.25, 0.3) is 0 Å². The van der Waals surface area contributed by atoms with E-state index < -0.39 is 0 Å². The maximum atomic E-state index is 4.82. The molecule has 1 unspecified atom stereocenters. The van der Waals surface area contributed by atoms with Crippen LogP contribution in [0.5, 0.6) is 0 Å². The second-order valence-electron chi connectivity index (χ2n) is 4.81. The number of hydrogen-bond donors (Lipinski definition) is 1. The Bertz CT molecular complexity index is 519. The highest BCUT2D eigenvalue weighted by Crippen LogP contribution is 2.34. The number of nitrogens with zero attached hydrogens (tertiary/aromatic N) is 1. The summed E-state index contributed by atoms with van der Waals surface area (Å²) in [5.41, 5.74) is 2.68. The van der Waals surface area contributed by atoms with Crippen molar-refractivity contribution in [3.05, 3.63) is 51.5 Å². The van der Waals surface area contributed by atoms with Gasteiger partial charge in [-0.15, -0.1) is 11.3 Å². The molecule has 0 saturated heterocycles. The minimum atomic E-state index is 0.524. The van der Waals surface area contributed by atoms with E-state index in [0.717, 1.165) is 12.8 Å². The second kappa shape index (κ2) is 5.21. The molecule has 94 valence electrons. The molecular formula is C15H18N2S. The molecule has 3 heteroatoms. The molecule has 18 heavy (non-hydrogen) atoms. The van der Waals surface area contributed by atoms with Crippen LogP contribution in [-0.2, 0) is 12.8 Å². The molecule has 0 saturated carbocycles. The van der Waals surface area contributed by atoms with Crippen molar-refractivity contribution in [3.8, 4) is 0 Å². The summed E-state index contributed by atoms with van der Waals surface area (Å²) < 4.78 is 0. The largest absolute Gasteiger partial charge is 0.312 e. The van der Waals surface area contributed by atoms with Gasteiger partial charge < -0.3 is 5.32 Å². The molecule has 3 rings (SSSR count). The highest BCUT2D eigenvalue weighted by molar-refractivity contribution is 7.11. The topological polar surface area (TPSA) is 24.9 Å². The summed E-state index contributed by atoms with van der Waals surface area (Å²) >= 11 is 1.89. The number of benzene rings is 1. The molecule has 1 aromatic heterocycles. The van der Waals surface area contributed by atoms with E-state index in [1.807, 2.05) is 11.3 Å². The standard InChI is InChI=1S/C15H18N2S/c1-16-12-8-5-9-13-15(12)18-14(17-13)10-11-6-3-2-4-7-11/h2-4,6-7,12,16H,5,8-10H2,1H3. The van der Waals surface area contributed by atoms with E-state index in [-0.39, 0.29) is 0 Å². The summed E-state index contributed by atoms with van der Waals surface area (Å²) in [6.07, 6.45) is 4.62. The first-order valence-corrected chi connectivity index (χ1v) is 7.38. The Balaban J connectivity index is 1.84. The molecule has 0 aliphatic heterocycles. The molecule has 1 aliphatic carbocycles. The number of nitrogens with one attached hydrogen (secondary N) is 1. The molecule has 1 atom stereocenters. The Morgan fingerprint density at radius 2 is 2.17 bits per heavy atom. The third-order valence-electron chi connectivity index (χ3n) is 3.54. The van der Waals surface area contributed by atoms with Crippen LogP contribution in [0.25, 0.3) is 0 Å². The zero-order valence-corrected chi connectivity index (χ0v) is 11.5. The van der Waals surface area contributed by atoms with Gasteiger partial charge in [-0.05, 0) is 31.9 Å². The summed E-state index contributed by atoms with van der Waals surface area (Å²) in [5.74, 6) is 0. The monoisotopic (exact) mass is 258 g/mol. The number of rotatable bonds is 3. The first-order valence-electron chi connectivity index (χ1n) is 6.56. The van der Waals surface area contributed by atoms with Crippen LogP contribution in [-0.4, -0.2) is 12.0 Å². The van der Waals surface area contributed by atoms with Crippen molar-refractivity contribution < 1.29 is 0 Å². The van der Waals surface area contributed by atoms with Gasteiger partial charge in [0.1, 0.15) is 0 Å². The molecule has 1 N–H and O–H groups in total. The molecule has 2 aromatic rings. The summed E-state index contributed by atoms with van der Waals surface area (Å²) in [4.78, 5) is 6.29. The van der Waals surface area contributed by atoms with E-state index >= 15 is 0 Å². The fourth-order valence-electron chi connectivity index (χ4n) is 2.59. The number of thiazole rings is 1. The van der Waals surface area contributed by atoms with Crippen molar-refractivity contribution in [3.63, 3.8) is 0 Å². The lowest BCUT2D eigenvalue weighted by molar-refractivity contribution is 0.501. The summed E-state index contributed by atoms with van der Waals surface area (Å²) in [5, 5.41) is 4.67. The Kier molecular flexibility index (Phi) is 3.43. The zero-order chi connectivity index (χ0) is 12.4. The fourth-order valence-corrected chi connectivity index (χ4v) is 3.88. The summed E-state index contributed by atoms with van der Waals surface area (Å²) in [6, 6.07) is 11.1. The third kappa shape index (κ3) is 2.33. The molecule has 1 aliphatic rings. The highest BCUT2D eigenvalue weighted by atomic mass is 32.1. The zero-order valence-electron chi connectivity index (χ0n) is 10.6. The quantitative estimate of drug-likeness (QED) is 0.913. The summed E-state index contributed by atoms with van der Waals surface area (Å²) in [7, 11) is 2.05. The van der Waals surface area contributed by atoms with Crippen LogP contribution in [0.2, 0.25) is 0 Å². The van der Waals surface area contributed by atoms with Crippen LogP contribution < -0.4 is 5.32 Å². The van der Waals surface area contributed by atoms with Gasteiger partial charge in [-0.3, -0.25) is 0 Å². The molecule has 0 spiro atoms. The van der Waals surface area contributed by atoms with Gasteiger partial charge in [0.05, 0.1) is 10.7 Å². The lowest BCUT2D eigenvalue weighted by atomic mass is 9.98. The predicted molar refractivity (Wildman–Crippen MR) is 76.1 cm³/mol. The van der Waals surface area contributed by atoms with E-state index in [0.29, 0.717) is 6.04 Å². The number of hydrogen-bond acceptors (Lipinski definition) is 3. The van der Waals surface area contributed by atoms with Gasteiger partial charge in [0.15, 0.2) is 0 Å². The number of fused-ring (bicyclic) bond motifs is 1. The Morgan fingerprint density at radius 3 is 2.94 bits per heavy atom. The summed E-state index contributed by atoms with van der Waals surface area (Å²) in [6.45, 7) is 0. The minimum Gasteiger partial charge on any atom is -0.312 e. The molecule has 2 nitrogen and oxygen atoms in total. The first-order chi connectivity index (χ1) is 8.86. The average molecular weight is 258 g/mol. The normalized spacial score (nSPS) is 18.6. The lowest BCUT2D eigenvalue weighted by Gasteiger charge is -2.20. The van der Waals surface area contributed by atoms with Crippen LogP contribution in [0.4, 0.5) is 0 Å². The van der Waals surface area contributed by atoms with Crippen molar-refractivity contribution in [2.24, 2.45) is 0 Å². The Morgan fingerprint density at radius 1 is 1.33 bits per heavy atom. The van der Waals surface area contributed by atoms with E-state index in [1.165, 1.54) is 34.0 Å². The molecule has 0 radical (unpaired) electrons. The van der Waals surface area contributed by atoms with Crippen LogP contribution in [0, 0.1) is 0 Å². The molecule has 1 heterocycles. The predicted octanol–water partition coefficient (Wildman–Crippen LogP) is 3.33. The van der Waals surface area contributed by atoms with E-state index in [4.69, 9.17) is 4.98 Å². The third-order valence-corrected chi connectivity index (χ3v) is 4.75. The Labute approximate surface area is 112 Å². The smallest absolute Gasteiger partial charge is 0.0975 e. The van der Waals surface area contributed by atoms with E-state index in [2.05, 4.69) is 42.7 Å². The van der Waals surface area contributed by atoms with Gasteiger partial charge in [-0.1, -0.05) is 30.3 Å². The van der Waals surface area contributed by atoms with Gasteiger partial charge >= 0.3 is 0 Å². The van der Waals surface area contributed by atoms with Crippen LogP contribution in [0.1, 0.15) is 40.0 Å². The van der Waals surface area contributed by atoms with Crippen LogP contribution in [0.15, 0.2) is 30.3 Å². The SMILES string of the molecule is CNC1CCCc2nc(Cc3ccccc3)sc21. The maximum absolute atomic E-state index is 4.82. The fraction of sp³-hybridized carbons (Fsp3) is 0.400.